The molecule has 1 saturated carbocycles. The molecule has 184 valence electrons. The highest BCUT2D eigenvalue weighted by Gasteiger charge is 2.38. The van der Waals surface area contributed by atoms with Gasteiger partial charge in [-0.05, 0) is 31.9 Å². The third-order valence-corrected chi connectivity index (χ3v) is 7.05. The lowest BCUT2D eigenvalue weighted by atomic mass is 9.94. The van der Waals surface area contributed by atoms with E-state index in [1.165, 1.54) is 6.42 Å². The lowest BCUT2D eigenvalue weighted by Crippen LogP contribution is -2.50. The fourth-order valence-corrected chi connectivity index (χ4v) is 5.14. The lowest BCUT2D eigenvalue weighted by Gasteiger charge is -2.34. The highest BCUT2D eigenvalue weighted by molar-refractivity contribution is 6.05. The largest absolute Gasteiger partial charge is 0.450 e. The summed E-state index contributed by atoms with van der Waals surface area (Å²) in [5.74, 6) is -0.772. The van der Waals surface area contributed by atoms with E-state index in [2.05, 4.69) is 5.32 Å². The van der Waals surface area contributed by atoms with Crippen LogP contribution in [0.3, 0.4) is 0 Å². The Morgan fingerprint density at radius 1 is 1.00 bits per heavy atom. The first-order valence-electron chi connectivity index (χ1n) is 12.4. The molecule has 1 aromatic carbocycles. The van der Waals surface area contributed by atoms with Crippen LogP contribution in [-0.2, 0) is 14.3 Å². The Labute approximate surface area is 200 Å². The molecule has 4 amide bonds. The van der Waals surface area contributed by atoms with Crippen LogP contribution in [0.2, 0.25) is 0 Å². The molecule has 0 spiro atoms. The van der Waals surface area contributed by atoms with Gasteiger partial charge in [-0.3, -0.25) is 14.4 Å². The molecule has 1 N–H and O–H groups in total. The summed E-state index contributed by atoms with van der Waals surface area (Å²) >= 11 is 0. The van der Waals surface area contributed by atoms with E-state index >= 15 is 0 Å². The minimum Gasteiger partial charge on any atom is -0.450 e. The number of hydrogen-bond donors (Lipinski definition) is 1. The van der Waals surface area contributed by atoms with Gasteiger partial charge >= 0.3 is 6.09 Å². The summed E-state index contributed by atoms with van der Waals surface area (Å²) in [6.45, 7) is 4.12. The van der Waals surface area contributed by atoms with E-state index in [0.29, 0.717) is 50.6 Å². The van der Waals surface area contributed by atoms with Gasteiger partial charge in [0.15, 0.2) is 0 Å². The van der Waals surface area contributed by atoms with Gasteiger partial charge in [-0.25, -0.2) is 4.79 Å². The standard InChI is InChI=1S/C25H34N4O5/c1-2-34-25(33)28-14-12-27(13-15-28)24(32)20-10-6-7-11-21(20)26-23(31)18-16-22(30)29(17-18)19-8-4-3-5-9-19/h6-7,10-11,18-19H,2-5,8-9,12-17H2,1H3,(H,26,31). The molecule has 9 nitrogen and oxygen atoms in total. The van der Waals surface area contributed by atoms with Crippen LogP contribution in [0, 0.1) is 5.92 Å². The Morgan fingerprint density at radius 3 is 2.38 bits per heavy atom. The summed E-state index contributed by atoms with van der Waals surface area (Å²) in [6.07, 6.45) is 5.36. The number of piperazine rings is 1. The molecule has 3 fully saturated rings. The smallest absolute Gasteiger partial charge is 0.409 e. The highest BCUT2D eigenvalue weighted by Crippen LogP contribution is 2.29. The van der Waals surface area contributed by atoms with Gasteiger partial charge < -0.3 is 24.8 Å². The van der Waals surface area contributed by atoms with Crippen LogP contribution in [0.5, 0.6) is 0 Å². The lowest BCUT2D eigenvalue weighted by molar-refractivity contribution is -0.130. The van der Waals surface area contributed by atoms with Crippen molar-refractivity contribution in [2.24, 2.45) is 5.92 Å². The molecule has 3 aliphatic rings. The summed E-state index contributed by atoms with van der Waals surface area (Å²) in [5, 5.41) is 2.91. The summed E-state index contributed by atoms with van der Waals surface area (Å²) in [7, 11) is 0. The van der Waals surface area contributed by atoms with Crippen LogP contribution < -0.4 is 5.32 Å². The molecule has 0 bridgehead atoms. The molecule has 1 aromatic rings. The average Bonchev–Trinajstić information content (AvgIpc) is 3.26. The first-order chi connectivity index (χ1) is 16.5. The number of nitrogens with one attached hydrogen (secondary N) is 1. The van der Waals surface area contributed by atoms with Crippen molar-refractivity contribution in [2.45, 2.75) is 51.5 Å². The minimum atomic E-state index is -0.411. The molecule has 9 heteroatoms. The summed E-state index contributed by atoms with van der Waals surface area (Å²) in [5.41, 5.74) is 0.864. The summed E-state index contributed by atoms with van der Waals surface area (Å²) < 4.78 is 5.04. The number of carbonyl (C=O) groups is 4. The Kier molecular flexibility index (Phi) is 7.70. The number of amides is 4. The monoisotopic (exact) mass is 470 g/mol. The van der Waals surface area contributed by atoms with Gasteiger partial charge in [-0.2, -0.15) is 0 Å². The Balaban J connectivity index is 1.37. The number of anilines is 1. The van der Waals surface area contributed by atoms with E-state index in [9.17, 15) is 19.2 Å². The number of para-hydroxylation sites is 1. The second kappa shape index (κ2) is 10.9. The van der Waals surface area contributed by atoms with Crippen molar-refractivity contribution in [3.63, 3.8) is 0 Å². The molecule has 0 radical (unpaired) electrons. The van der Waals surface area contributed by atoms with Crippen molar-refractivity contribution >= 4 is 29.5 Å². The van der Waals surface area contributed by atoms with Gasteiger partial charge in [0.1, 0.15) is 0 Å². The predicted octanol–water partition coefficient (Wildman–Crippen LogP) is 2.72. The van der Waals surface area contributed by atoms with Crippen molar-refractivity contribution in [3.8, 4) is 0 Å². The van der Waals surface area contributed by atoms with E-state index in [4.69, 9.17) is 4.74 Å². The number of carbonyl (C=O) groups excluding carboxylic acids is 4. The highest BCUT2D eigenvalue weighted by atomic mass is 16.6. The molecule has 2 heterocycles. The van der Waals surface area contributed by atoms with Crippen molar-refractivity contribution in [3.05, 3.63) is 29.8 Å². The molecule has 1 atom stereocenters. The van der Waals surface area contributed by atoms with Crippen LogP contribution in [0.4, 0.5) is 10.5 Å². The van der Waals surface area contributed by atoms with Crippen molar-refractivity contribution < 1.29 is 23.9 Å². The van der Waals surface area contributed by atoms with E-state index in [1.807, 2.05) is 4.90 Å². The Bertz CT molecular complexity index is 922. The molecule has 1 unspecified atom stereocenters. The summed E-state index contributed by atoms with van der Waals surface area (Å²) in [4.78, 5) is 55.9. The van der Waals surface area contributed by atoms with Crippen LogP contribution in [-0.4, -0.2) is 83.9 Å². The predicted molar refractivity (Wildman–Crippen MR) is 126 cm³/mol. The molecular formula is C25H34N4O5. The number of rotatable bonds is 5. The zero-order valence-electron chi connectivity index (χ0n) is 19.8. The normalized spacial score (nSPS) is 21.5. The van der Waals surface area contributed by atoms with Crippen molar-refractivity contribution in [1.29, 1.82) is 0 Å². The molecule has 1 aliphatic carbocycles. The van der Waals surface area contributed by atoms with E-state index in [-0.39, 0.29) is 36.3 Å². The first-order valence-corrected chi connectivity index (χ1v) is 12.4. The third kappa shape index (κ3) is 5.34. The average molecular weight is 471 g/mol. The van der Waals surface area contributed by atoms with Crippen molar-refractivity contribution in [1.82, 2.24) is 14.7 Å². The molecule has 4 rings (SSSR count). The Morgan fingerprint density at radius 2 is 1.68 bits per heavy atom. The van der Waals surface area contributed by atoms with E-state index in [1.54, 1.807) is 41.0 Å². The third-order valence-electron chi connectivity index (χ3n) is 7.05. The van der Waals surface area contributed by atoms with Gasteiger partial charge in [0, 0.05) is 45.2 Å². The first kappa shape index (κ1) is 24.0. The van der Waals surface area contributed by atoms with Crippen LogP contribution >= 0.6 is 0 Å². The molecule has 0 aromatic heterocycles. The number of benzene rings is 1. The molecule has 2 aliphatic heterocycles. The second-order valence-electron chi connectivity index (χ2n) is 9.25. The van der Waals surface area contributed by atoms with Crippen LogP contribution in [0.25, 0.3) is 0 Å². The second-order valence-corrected chi connectivity index (χ2v) is 9.25. The fourth-order valence-electron chi connectivity index (χ4n) is 5.14. The number of likely N-dealkylation sites (tertiary alicyclic amines) is 1. The maximum Gasteiger partial charge on any atom is 0.409 e. The zero-order valence-corrected chi connectivity index (χ0v) is 19.8. The number of ether oxygens (including phenoxy) is 1. The molecule has 34 heavy (non-hydrogen) atoms. The van der Waals surface area contributed by atoms with E-state index < -0.39 is 5.92 Å². The van der Waals surface area contributed by atoms with E-state index in [0.717, 1.165) is 25.7 Å². The number of hydrogen-bond acceptors (Lipinski definition) is 5. The maximum absolute atomic E-state index is 13.2. The van der Waals surface area contributed by atoms with Gasteiger partial charge in [-0.15, -0.1) is 0 Å². The topological polar surface area (TPSA) is 99.3 Å². The van der Waals surface area contributed by atoms with Crippen molar-refractivity contribution in [2.75, 3.05) is 44.6 Å². The Hall–Kier alpha value is -3.10. The maximum atomic E-state index is 13.2. The van der Waals surface area contributed by atoms with Crippen LogP contribution in [0.15, 0.2) is 24.3 Å². The van der Waals surface area contributed by atoms with Gasteiger partial charge in [0.2, 0.25) is 11.8 Å². The minimum absolute atomic E-state index is 0.0517. The molecular weight excluding hydrogens is 436 g/mol. The zero-order chi connectivity index (χ0) is 24.1. The summed E-state index contributed by atoms with van der Waals surface area (Å²) in [6, 6.07) is 7.21. The molecule has 2 saturated heterocycles. The van der Waals surface area contributed by atoms with Crippen LogP contribution in [0.1, 0.15) is 55.8 Å². The van der Waals surface area contributed by atoms with Gasteiger partial charge in [-0.1, -0.05) is 31.4 Å². The van der Waals surface area contributed by atoms with Gasteiger partial charge in [0.05, 0.1) is 23.8 Å². The van der Waals surface area contributed by atoms with Gasteiger partial charge in [0.25, 0.3) is 5.91 Å². The SMILES string of the molecule is CCOC(=O)N1CCN(C(=O)c2ccccc2NC(=O)C2CC(=O)N(C3CCCCC3)C2)CC1. The fraction of sp³-hybridized carbons (Fsp3) is 0.600. The quantitative estimate of drug-likeness (QED) is 0.713. The number of nitrogens with zero attached hydrogens (tertiary/aromatic N) is 3.